The largest absolute Gasteiger partial charge is 0.495 e. The number of nitrogens with one attached hydrogen (secondary N) is 1. The summed E-state index contributed by atoms with van der Waals surface area (Å²) in [6.45, 7) is 7.39. The summed E-state index contributed by atoms with van der Waals surface area (Å²) in [6.07, 6.45) is 1.66. The lowest BCUT2D eigenvalue weighted by Gasteiger charge is -2.35. The van der Waals surface area contributed by atoms with Crippen LogP contribution < -0.4 is 19.7 Å². The first-order chi connectivity index (χ1) is 18.9. The number of nitrogens with zero attached hydrogens (tertiary/aromatic N) is 3. The quantitative estimate of drug-likeness (QED) is 0.272. The number of benzene rings is 3. The van der Waals surface area contributed by atoms with E-state index in [0.29, 0.717) is 43.9 Å². The third-order valence-electron chi connectivity index (χ3n) is 7.17. The zero-order valence-corrected chi connectivity index (χ0v) is 23.6. The van der Waals surface area contributed by atoms with Crippen LogP contribution in [0.2, 0.25) is 10.0 Å². The van der Waals surface area contributed by atoms with Crippen molar-refractivity contribution in [2.45, 2.75) is 6.92 Å². The molecule has 1 N–H and O–H groups in total. The van der Waals surface area contributed by atoms with Crippen LogP contribution in [0.5, 0.6) is 11.5 Å². The van der Waals surface area contributed by atoms with E-state index in [2.05, 4.69) is 39.2 Å². The highest BCUT2D eigenvalue weighted by Gasteiger charge is 2.23. The topological polar surface area (TPSA) is 66.9 Å². The van der Waals surface area contributed by atoms with Gasteiger partial charge >= 0.3 is 0 Å². The van der Waals surface area contributed by atoms with Crippen molar-refractivity contribution in [2.75, 3.05) is 57.2 Å². The minimum absolute atomic E-state index is 0.255. The van der Waals surface area contributed by atoms with E-state index < -0.39 is 0 Å². The van der Waals surface area contributed by atoms with Crippen molar-refractivity contribution in [3.63, 3.8) is 0 Å². The molecule has 5 rings (SSSR count). The summed E-state index contributed by atoms with van der Waals surface area (Å²) in [5.74, 6) is 0.611. The first kappa shape index (κ1) is 27.1. The minimum Gasteiger partial charge on any atom is -0.495 e. The highest BCUT2D eigenvalue weighted by molar-refractivity contribution is 6.41. The molecule has 1 fully saturated rings. The zero-order valence-electron chi connectivity index (χ0n) is 22.1. The first-order valence-electron chi connectivity index (χ1n) is 12.8. The molecule has 3 aromatic carbocycles. The number of methoxy groups -OCH3 is 2. The summed E-state index contributed by atoms with van der Waals surface area (Å²) in [4.78, 5) is 22.8. The van der Waals surface area contributed by atoms with Crippen LogP contribution in [0.1, 0.15) is 17.3 Å². The molecule has 39 heavy (non-hydrogen) atoms. The van der Waals surface area contributed by atoms with E-state index in [1.807, 2.05) is 30.3 Å². The number of carbonyl (C=O) groups is 1. The third kappa shape index (κ3) is 5.35. The van der Waals surface area contributed by atoms with Crippen molar-refractivity contribution in [3.8, 4) is 22.6 Å². The molecule has 0 radical (unpaired) electrons. The highest BCUT2D eigenvalue weighted by atomic mass is 35.5. The number of piperazine rings is 1. The van der Waals surface area contributed by atoms with E-state index in [0.717, 1.165) is 49.4 Å². The molecule has 0 aliphatic carbocycles. The van der Waals surface area contributed by atoms with Gasteiger partial charge in [-0.3, -0.25) is 9.78 Å². The van der Waals surface area contributed by atoms with Crippen LogP contribution in [0.4, 0.5) is 11.4 Å². The molecule has 1 amide bonds. The van der Waals surface area contributed by atoms with Crippen LogP contribution in [0.25, 0.3) is 22.0 Å². The molecule has 1 aliphatic rings. The van der Waals surface area contributed by atoms with Crippen LogP contribution in [0.15, 0.2) is 60.8 Å². The van der Waals surface area contributed by atoms with Crippen LogP contribution in [0.3, 0.4) is 0 Å². The SMILES string of the molecule is CCN1CCN(c2ccc(NC(=O)c3ccc(-c4c(Cl)c(OC)cc(OC)c4Cl)c4cccnc34)cc2)CC1. The van der Waals surface area contributed by atoms with Crippen molar-refractivity contribution < 1.29 is 14.3 Å². The van der Waals surface area contributed by atoms with Gasteiger partial charge in [-0.25, -0.2) is 0 Å². The predicted molar refractivity (Wildman–Crippen MR) is 159 cm³/mol. The van der Waals surface area contributed by atoms with Crippen LogP contribution in [-0.4, -0.2) is 62.7 Å². The molecular weight excluding hydrogens is 535 g/mol. The molecule has 1 aromatic heterocycles. The molecule has 7 nitrogen and oxygen atoms in total. The number of hydrogen-bond acceptors (Lipinski definition) is 6. The molecule has 1 saturated heterocycles. The Morgan fingerprint density at radius 1 is 0.949 bits per heavy atom. The molecule has 4 aromatic rings. The number of halogens is 2. The average Bonchev–Trinajstić information content (AvgIpc) is 2.98. The van der Waals surface area contributed by atoms with Crippen molar-refractivity contribution in [1.82, 2.24) is 9.88 Å². The Kier molecular flexibility index (Phi) is 8.12. The second-order valence-electron chi connectivity index (χ2n) is 9.27. The molecule has 0 bridgehead atoms. The maximum absolute atomic E-state index is 13.4. The summed E-state index contributed by atoms with van der Waals surface area (Å²) in [7, 11) is 3.06. The number of anilines is 2. The first-order valence-corrected chi connectivity index (χ1v) is 13.6. The second-order valence-corrected chi connectivity index (χ2v) is 10.0. The molecule has 9 heteroatoms. The van der Waals surface area contributed by atoms with E-state index in [9.17, 15) is 4.79 Å². The molecule has 2 heterocycles. The fourth-order valence-corrected chi connectivity index (χ4v) is 5.68. The molecule has 0 unspecified atom stereocenters. The van der Waals surface area contributed by atoms with E-state index >= 15 is 0 Å². The number of fused-ring (bicyclic) bond motifs is 1. The Labute approximate surface area is 238 Å². The summed E-state index contributed by atoms with van der Waals surface area (Å²) in [5, 5.41) is 4.44. The van der Waals surface area contributed by atoms with Gasteiger partial charge in [0.2, 0.25) is 0 Å². The van der Waals surface area contributed by atoms with Crippen molar-refractivity contribution in [3.05, 3.63) is 76.4 Å². The van der Waals surface area contributed by atoms with Crippen molar-refractivity contribution in [2.24, 2.45) is 0 Å². The van der Waals surface area contributed by atoms with Gasteiger partial charge < -0.3 is 24.6 Å². The predicted octanol–water partition coefficient (Wildman–Crippen LogP) is 6.62. The summed E-state index contributed by atoms with van der Waals surface area (Å²) < 4.78 is 10.9. The lowest BCUT2D eigenvalue weighted by atomic mass is 9.96. The number of aromatic nitrogens is 1. The molecule has 0 atom stereocenters. The van der Waals surface area contributed by atoms with Gasteiger partial charge in [0, 0.05) is 60.8 Å². The molecule has 0 saturated carbocycles. The van der Waals surface area contributed by atoms with E-state index in [1.54, 1.807) is 18.3 Å². The third-order valence-corrected chi connectivity index (χ3v) is 7.92. The average molecular weight is 566 g/mol. The maximum atomic E-state index is 13.4. The van der Waals surface area contributed by atoms with Gasteiger partial charge in [0.15, 0.2) is 0 Å². The smallest absolute Gasteiger partial charge is 0.257 e. The Morgan fingerprint density at radius 2 is 1.62 bits per heavy atom. The highest BCUT2D eigenvalue weighted by Crippen LogP contribution is 2.47. The van der Waals surface area contributed by atoms with Crippen LogP contribution in [-0.2, 0) is 0 Å². The molecule has 202 valence electrons. The maximum Gasteiger partial charge on any atom is 0.257 e. The Bertz CT molecular complexity index is 1470. The fourth-order valence-electron chi connectivity index (χ4n) is 4.97. The number of ether oxygens (including phenoxy) is 2. The Balaban J connectivity index is 1.44. The summed E-state index contributed by atoms with van der Waals surface area (Å²) >= 11 is 13.4. The van der Waals surface area contributed by atoms with Gasteiger partial charge in [0.1, 0.15) is 11.5 Å². The normalized spacial score (nSPS) is 13.9. The molecule has 0 spiro atoms. The monoisotopic (exact) mass is 564 g/mol. The standard InChI is InChI=1S/C30H30Cl2N4O3/c1-4-35-14-16-36(17-15-35)20-9-7-19(8-10-20)34-30(37)23-12-11-21(22-6-5-13-33-29(22)23)26-27(31)24(38-2)18-25(39-3)28(26)32/h5-13,18H,4,14-17H2,1-3H3,(H,34,37). The van der Waals surface area contributed by atoms with E-state index in [-0.39, 0.29) is 5.91 Å². The van der Waals surface area contributed by atoms with Crippen molar-refractivity contribution in [1.29, 1.82) is 0 Å². The van der Waals surface area contributed by atoms with Gasteiger partial charge in [0.25, 0.3) is 5.91 Å². The number of amides is 1. The molecular formula is C30H30Cl2N4O3. The number of likely N-dealkylation sites (N-methyl/N-ethyl adjacent to an activating group) is 1. The van der Waals surface area contributed by atoms with E-state index in [4.69, 9.17) is 32.7 Å². The zero-order chi connectivity index (χ0) is 27.5. The number of pyridine rings is 1. The van der Waals surface area contributed by atoms with Gasteiger partial charge in [-0.05, 0) is 48.5 Å². The molecule has 1 aliphatic heterocycles. The number of carbonyl (C=O) groups excluding carboxylic acids is 1. The van der Waals surface area contributed by atoms with Crippen molar-refractivity contribution >= 4 is 51.4 Å². The van der Waals surface area contributed by atoms with Gasteiger partial charge in [-0.2, -0.15) is 0 Å². The number of rotatable bonds is 7. The Hall–Kier alpha value is -3.52. The summed E-state index contributed by atoms with van der Waals surface area (Å²) in [5.41, 5.74) is 4.11. The van der Waals surface area contributed by atoms with Gasteiger partial charge in [-0.1, -0.05) is 42.3 Å². The summed E-state index contributed by atoms with van der Waals surface area (Å²) in [6, 6.07) is 16.9. The number of hydrogen-bond donors (Lipinski definition) is 1. The lowest BCUT2D eigenvalue weighted by molar-refractivity contribution is 0.102. The Morgan fingerprint density at radius 3 is 2.23 bits per heavy atom. The van der Waals surface area contributed by atoms with Crippen LogP contribution >= 0.6 is 23.2 Å². The van der Waals surface area contributed by atoms with Gasteiger partial charge in [0.05, 0.1) is 35.3 Å². The minimum atomic E-state index is -0.255. The van der Waals surface area contributed by atoms with Gasteiger partial charge in [-0.15, -0.1) is 0 Å². The fraction of sp³-hybridized carbons (Fsp3) is 0.267. The lowest BCUT2D eigenvalue weighted by Crippen LogP contribution is -2.46. The van der Waals surface area contributed by atoms with E-state index in [1.165, 1.54) is 14.2 Å². The second kappa shape index (κ2) is 11.7. The van der Waals surface area contributed by atoms with Crippen LogP contribution in [0, 0.1) is 0 Å².